The molecule has 13 heteroatoms. The number of hydrogen-bond acceptors (Lipinski definition) is 8. The summed E-state index contributed by atoms with van der Waals surface area (Å²) in [6.07, 6.45) is -3.61. The lowest BCUT2D eigenvalue weighted by molar-refractivity contribution is -0.143. The first-order chi connectivity index (χ1) is 21.0. The van der Waals surface area contributed by atoms with Gasteiger partial charge in [-0.25, -0.2) is 9.50 Å². The SMILES string of the molecule is COc1ccc(-c2nc3c(C(=O)N4CCN([C@H](CO)c5cccc(OC)c5OC)C[C@H]4C)cnn3c(C(F)(F)F)c2C)cc1. The van der Waals surface area contributed by atoms with E-state index in [1.807, 2.05) is 24.0 Å². The largest absolute Gasteiger partial charge is 0.497 e. The summed E-state index contributed by atoms with van der Waals surface area (Å²) in [5, 5.41) is 14.3. The highest BCUT2D eigenvalue weighted by atomic mass is 19.4. The number of aliphatic hydroxyl groups is 1. The van der Waals surface area contributed by atoms with Crippen molar-refractivity contribution < 1.29 is 37.3 Å². The number of amides is 1. The molecule has 1 aliphatic rings. The third kappa shape index (κ3) is 5.52. The van der Waals surface area contributed by atoms with E-state index in [1.54, 1.807) is 35.2 Å². The molecule has 2 aromatic heterocycles. The van der Waals surface area contributed by atoms with Crippen molar-refractivity contribution in [2.24, 2.45) is 0 Å². The van der Waals surface area contributed by atoms with Gasteiger partial charge in [-0.1, -0.05) is 12.1 Å². The van der Waals surface area contributed by atoms with Gasteiger partial charge in [0, 0.05) is 42.4 Å². The lowest BCUT2D eigenvalue weighted by Crippen LogP contribution is -2.55. The molecule has 3 heterocycles. The molecule has 44 heavy (non-hydrogen) atoms. The summed E-state index contributed by atoms with van der Waals surface area (Å²) in [5.41, 5.74) is -0.0277. The predicted molar refractivity (Wildman–Crippen MR) is 156 cm³/mol. The molecule has 1 saturated heterocycles. The zero-order valence-corrected chi connectivity index (χ0v) is 25.1. The van der Waals surface area contributed by atoms with Crippen LogP contribution in [0.15, 0.2) is 48.7 Å². The van der Waals surface area contributed by atoms with Gasteiger partial charge in [-0.2, -0.15) is 18.3 Å². The van der Waals surface area contributed by atoms with Crippen LogP contribution in [0.25, 0.3) is 16.9 Å². The number of piperazine rings is 1. The number of halogens is 3. The van der Waals surface area contributed by atoms with Crippen LogP contribution in [0.3, 0.4) is 0 Å². The molecule has 4 aromatic rings. The molecule has 2 atom stereocenters. The van der Waals surface area contributed by atoms with Crippen molar-refractivity contribution >= 4 is 11.6 Å². The van der Waals surface area contributed by atoms with Gasteiger partial charge in [0.2, 0.25) is 0 Å². The van der Waals surface area contributed by atoms with Crippen LogP contribution in [0.1, 0.15) is 40.1 Å². The van der Waals surface area contributed by atoms with Crippen molar-refractivity contribution in [3.05, 3.63) is 71.0 Å². The molecule has 234 valence electrons. The molecule has 1 fully saturated rings. The van der Waals surface area contributed by atoms with Crippen LogP contribution in [-0.2, 0) is 6.18 Å². The number of carbonyl (C=O) groups excluding carboxylic acids is 1. The van der Waals surface area contributed by atoms with E-state index in [1.165, 1.54) is 28.3 Å². The molecule has 0 bridgehead atoms. The molecule has 1 N–H and O–H groups in total. The van der Waals surface area contributed by atoms with Gasteiger partial charge in [-0.05, 0) is 44.2 Å². The minimum Gasteiger partial charge on any atom is -0.497 e. The van der Waals surface area contributed by atoms with Crippen molar-refractivity contribution in [1.82, 2.24) is 24.4 Å². The summed E-state index contributed by atoms with van der Waals surface area (Å²) in [6, 6.07) is 11.2. The van der Waals surface area contributed by atoms with Gasteiger partial charge in [-0.15, -0.1) is 0 Å². The monoisotopic (exact) mass is 613 g/mol. The number of nitrogens with zero attached hydrogens (tertiary/aromatic N) is 5. The maximum atomic E-state index is 14.4. The maximum Gasteiger partial charge on any atom is 0.433 e. The van der Waals surface area contributed by atoms with E-state index in [9.17, 15) is 23.1 Å². The standard InChI is InChI=1S/C31H34F3N5O5/c1-18-16-37(24(17-40)22-7-6-8-25(43-4)27(22)44-5)13-14-38(18)30(41)23-15-35-39-28(31(32,33)34)19(2)26(36-29(23)39)20-9-11-21(42-3)12-10-20/h6-12,15,18,24,40H,13-14,16-17H2,1-5H3/t18-,24-/m1/s1. The van der Waals surface area contributed by atoms with Gasteiger partial charge in [0.05, 0.1) is 45.9 Å². The summed E-state index contributed by atoms with van der Waals surface area (Å²) < 4.78 is 60.0. The third-order valence-corrected chi connectivity index (χ3v) is 8.07. The number of hydrogen-bond donors (Lipinski definition) is 1. The van der Waals surface area contributed by atoms with E-state index in [-0.39, 0.29) is 41.7 Å². The van der Waals surface area contributed by atoms with Crippen LogP contribution in [-0.4, -0.2) is 89.0 Å². The second-order valence-electron chi connectivity index (χ2n) is 10.6. The highest BCUT2D eigenvalue weighted by Gasteiger charge is 2.40. The smallest absolute Gasteiger partial charge is 0.433 e. The van der Waals surface area contributed by atoms with E-state index >= 15 is 0 Å². The Hall–Kier alpha value is -4.36. The summed E-state index contributed by atoms with van der Waals surface area (Å²) in [4.78, 5) is 22.1. The lowest BCUT2D eigenvalue weighted by atomic mass is 10.0. The first-order valence-electron chi connectivity index (χ1n) is 14.0. The zero-order valence-electron chi connectivity index (χ0n) is 25.1. The second kappa shape index (κ2) is 12.3. The normalized spacial score (nSPS) is 16.7. The fraction of sp³-hybridized carbons (Fsp3) is 0.387. The lowest BCUT2D eigenvalue weighted by Gasteiger charge is -2.43. The Kier molecular flexibility index (Phi) is 8.71. The molecule has 10 nitrogen and oxygen atoms in total. The molecule has 0 saturated carbocycles. The van der Waals surface area contributed by atoms with Crippen molar-refractivity contribution in [3.63, 3.8) is 0 Å². The minimum atomic E-state index is -4.75. The average Bonchev–Trinajstić information content (AvgIpc) is 3.43. The van der Waals surface area contributed by atoms with Gasteiger partial charge in [0.25, 0.3) is 5.91 Å². The molecular weight excluding hydrogens is 579 g/mol. The number of aromatic nitrogens is 3. The average molecular weight is 614 g/mol. The number of carbonyl (C=O) groups is 1. The van der Waals surface area contributed by atoms with E-state index < -0.39 is 23.8 Å². The Morgan fingerprint density at radius 1 is 1.07 bits per heavy atom. The summed E-state index contributed by atoms with van der Waals surface area (Å²) >= 11 is 0. The number of aliphatic hydroxyl groups excluding tert-OH is 1. The number of rotatable bonds is 8. The predicted octanol–water partition coefficient (Wildman–Crippen LogP) is 4.63. The number of ether oxygens (including phenoxy) is 3. The van der Waals surface area contributed by atoms with E-state index in [0.717, 1.165) is 11.8 Å². The summed E-state index contributed by atoms with van der Waals surface area (Å²) in [7, 11) is 4.57. The van der Waals surface area contributed by atoms with E-state index in [0.29, 0.717) is 40.4 Å². The summed E-state index contributed by atoms with van der Waals surface area (Å²) in [6.45, 7) is 4.06. The van der Waals surface area contributed by atoms with E-state index in [4.69, 9.17) is 14.2 Å². The third-order valence-electron chi connectivity index (χ3n) is 8.07. The first-order valence-corrected chi connectivity index (χ1v) is 14.0. The Morgan fingerprint density at radius 3 is 2.39 bits per heavy atom. The molecule has 1 amide bonds. The topological polar surface area (TPSA) is 102 Å². The molecule has 5 rings (SSSR count). The highest BCUT2D eigenvalue weighted by molar-refractivity contribution is 6.00. The number of methoxy groups -OCH3 is 3. The Morgan fingerprint density at radius 2 is 1.80 bits per heavy atom. The van der Waals surface area contributed by atoms with Gasteiger partial charge >= 0.3 is 6.18 Å². The Balaban J connectivity index is 1.48. The van der Waals surface area contributed by atoms with Gasteiger partial charge in [-0.3, -0.25) is 9.69 Å². The molecule has 1 aliphatic heterocycles. The quantitative estimate of drug-likeness (QED) is 0.307. The fourth-order valence-electron chi connectivity index (χ4n) is 5.90. The second-order valence-corrected chi connectivity index (χ2v) is 10.6. The highest BCUT2D eigenvalue weighted by Crippen LogP contribution is 2.39. The van der Waals surface area contributed by atoms with Crippen molar-refractivity contribution in [1.29, 1.82) is 0 Å². The molecular formula is C31H34F3N5O5. The van der Waals surface area contributed by atoms with Crippen LogP contribution in [0.5, 0.6) is 17.2 Å². The first kappa shape index (κ1) is 31.1. The van der Waals surface area contributed by atoms with Crippen molar-refractivity contribution in [2.75, 3.05) is 47.6 Å². The molecule has 0 unspecified atom stereocenters. The van der Waals surface area contributed by atoms with Crippen molar-refractivity contribution in [2.45, 2.75) is 32.1 Å². The summed E-state index contributed by atoms with van der Waals surface area (Å²) in [5.74, 6) is 1.12. The fourth-order valence-corrected chi connectivity index (χ4v) is 5.90. The number of benzene rings is 2. The molecule has 0 aliphatic carbocycles. The molecule has 2 aromatic carbocycles. The molecule has 0 radical (unpaired) electrons. The number of alkyl halides is 3. The van der Waals surface area contributed by atoms with Crippen LogP contribution >= 0.6 is 0 Å². The van der Waals surface area contributed by atoms with Crippen LogP contribution < -0.4 is 14.2 Å². The Bertz CT molecular complexity index is 1660. The van der Waals surface area contributed by atoms with Gasteiger partial charge in [0.1, 0.15) is 11.3 Å². The van der Waals surface area contributed by atoms with E-state index in [2.05, 4.69) is 10.1 Å². The number of para-hydroxylation sites is 1. The molecule has 0 spiro atoms. The van der Waals surface area contributed by atoms with Crippen LogP contribution in [0.2, 0.25) is 0 Å². The van der Waals surface area contributed by atoms with Gasteiger partial charge in [0.15, 0.2) is 22.8 Å². The maximum absolute atomic E-state index is 14.4. The number of fused-ring (bicyclic) bond motifs is 1. The van der Waals surface area contributed by atoms with Crippen molar-refractivity contribution in [3.8, 4) is 28.5 Å². The Labute approximate surface area is 252 Å². The van der Waals surface area contributed by atoms with Gasteiger partial charge < -0.3 is 24.2 Å². The zero-order chi connectivity index (χ0) is 31.8. The van der Waals surface area contributed by atoms with Crippen LogP contribution in [0, 0.1) is 6.92 Å². The minimum absolute atomic E-state index is 0.0289. The van der Waals surface area contributed by atoms with Crippen LogP contribution in [0.4, 0.5) is 13.2 Å².